The summed E-state index contributed by atoms with van der Waals surface area (Å²) < 4.78 is 16.0. The number of aryl methyl sites for hydroxylation is 1. The van der Waals surface area contributed by atoms with Gasteiger partial charge in [-0.15, -0.1) is 0 Å². The molecule has 0 atom stereocenters. The minimum Gasteiger partial charge on any atom is -0.497 e. The van der Waals surface area contributed by atoms with Crippen LogP contribution < -0.4 is 9.47 Å². The standard InChI is InChI=1S/C14H15NO5/c1-18-9-3-4-11(19-2)10(7-9)12-8-15-13(20-12)5-6-14(16)17/h3-4,7-8H,5-6H2,1-2H3,(H,16,17). The van der Waals surface area contributed by atoms with Crippen LogP contribution in [0.2, 0.25) is 0 Å². The Hall–Kier alpha value is -2.50. The average Bonchev–Trinajstić information content (AvgIpc) is 2.93. The Morgan fingerprint density at radius 3 is 2.80 bits per heavy atom. The van der Waals surface area contributed by atoms with Crippen LogP contribution >= 0.6 is 0 Å². The van der Waals surface area contributed by atoms with Gasteiger partial charge in [-0.3, -0.25) is 4.79 Å². The van der Waals surface area contributed by atoms with Crippen LogP contribution in [0, 0.1) is 0 Å². The number of benzene rings is 1. The molecule has 20 heavy (non-hydrogen) atoms. The van der Waals surface area contributed by atoms with Crippen molar-refractivity contribution >= 4 is 5.97 Å². The highest BCUT2D eigenvalue weighted by atomic mass is 16.5. The zero-order chi connectivity index (χ0) is 14.5. The first-order chi connectivity index (χ1) is 9.63. The van der Waals surface area contributed by atoms with Crippen molar-refractivity contribution in [3.05, 3.63) is 30.3 Å². The normalized spacial score (nSPS) is 10.3. The molecule has 0 aliphatic heterocycles. The molecule has 6 heteroatoms. The first-order valence-corrected chi connectivity index (χ1v) is 6.03. The van der Waals surface area contributed by atoms with E-state index in [1.165, 1.54) is 0 Å². The summed E-state index contributed by atoms with van der Waals surface area (Å²) in [5.41, 5.74) is 0.709. The highest BCUT2D eigenvalue weighted by molar-refractivity contribution is 5.68. The molecular weight excluding hydrogens is 262 g/mol. The topological polar surface area (TPSA) is 81.8 Å². The van der Waals surface area contributed by atoms with E-state index < -0.39 is 5.97 Å². The van der Waals surface area contributed by atoms with Crippen LogP contribution in [0.4, 0.5) is 0 Å². The summed E-state index contributed by atoms with van der Waals surface area (Å²) in [5, 5.41) is 8.64. The number of aromatic nitrogens is 1. The van der Waals surface area contributed by atoms with E-state index in [1.807, 2.05) is 0 Å². The molecule has 0 aliphatic carbocycles. The Bertz CT molecular complexity index is 605. The maximum Gasteiger partial charge on any atom is 0.303 e. The van der Waals surface area contributed by atoms with Gasteiger partial charge < -0.3 is 19.0 Å². The molecule has 6 nitrogen and oxygen atoms in total. The van der Waals surface area contributed by atoms with Crippen LogP contribution in [0.1, 0.15) is 12.3 Å². The highest BCUT2D eigenvalue weighted by Gasteiger charge is 2.13. The second-order valence-corrected chi connectivity index (χ2v) is 4.08. The van der Waals surface area contributed by atoms with Gasteiger partial charge in [-0.2, -0.15) is 0 Å². The molecule has 2 rings (SSSR count). The van der Waals surface area contributed by atoms with Gasteiger partial charge in [0.15, 0.2) is 11.7 Å². The molecule has 1 aromatic heterocycles. The third-order valence-corrected chi connectivity index (χ3v) is 2.78. The molecule has 0 saturated carbocycles. The average molecular weight is 277 g/mol. The predicted octanol–water partition coefficient (Wildman–Crippen LogP) is 2.38. The molecule has 0 radical (unpaired) electrons. The van der Waals surface area contributed by atoms with E-state index in [-0.39, 0.29) is 12.8 Å². The van der Waals surface area contributed by atoms with Gasteiger partial charge in [-0.05, 0) is 18.2 Å². The maximum absolute atomic E-state index is 10.5. The minimum atomic E-state index is -0.885. The van der Waals surface area contributed by atoms with Crippen molar-refractivity contribution in [2.45, 2.75) is 12.8 Å². The van der Waals surface area contributed by atoms with Crippen molar-refractivity contribution in [2.24, 2.45) is 0 Å². The zero-order valence-corrected chi connectivity index (χ0v) is 11.3. The van der Waals surface area contributed by atoms with Crippen LogP contribution in [0.3, 0.4) is 0 Å². The van der Waals surface area contributed by atoms with E-state index in [0.29, 0.717) is 28.7 Å². The number of methoxy groups -OCH3 is 2. The van der Waals surface area contributed by atoms with Gasteiger partial charge in [0.2, 0.25) is 0 Å². The minimum absolute atomic E-state index is 0.0187. The van der Waals surface area contributed by atoms with E-state index in [0.717, 1.165) is 0 Å². The molecule has 2 aromatic rings. The molecule has 0 spiro atoms. The molecule has 1 aromatic carbocycles. The SMILES string of the molecule is COc1ccc(OC)c(-c2cnc(CCC(=O)O)o2)c1. The second kappa shape index (κ2) is 6.10. The summed E-state index contributed by atoms with van der Waals surface area (Å²) in [6.45, 7) is 0. The number of carbonyl (C=O) groups is 1. The van der Waals surface area contributed by atoms with Crippen molar-refractivity contribution in [2.75, 3.05) is 14.2 Å². The van der Waals surface area contributed by atoms with Crippen LogP contribution in [0.25, 0.3) is 11.3 Å². The molecular formula is C14H15NO5. The van der Waals surface area contributed by atoms with Gasteiger partial charge in [-0.25, -0.2) is 4.98 Å². The number of rotatable bonds is 6. The summed E-state index contributed by atoms with van der Waals surface area (Å²) in [7, 11) is 3.14. The molecule has 0 aliphatic rings. The van der Waals surface area contributed by atoms with Gasteiger partial charge in [0.05, 0.1) is 32.4 Å². The largest absolute Gasteiger partial charge is 0.497 e. The van der Waals surface area contributed by atoms with E-state index in [2.05, 4.69) is 4.98 Å². The lowest BCUT2D eigenvalue weighted by Gasteiger charge is -2.07. The Labute approximate surface area is 116 Å². The fourth-order valence-corrected chi connectivity index (χ4v) is 1.77. The lowest BCUT2D eigenvalue weighted by atomic mass is 10.1. The first kappa shape index (κ1) is 13.9. The van der Waals surface area contributed by atoms with Gasteiger partial charge in [0, 0.05) is 6.42 Å². The van der Waals surface area contributed by atoms with Crippen molar-refractivity contribution in [1.82, 2.24) is 4.98 Å². The summed E-state index contributed by atoms with van der Waals surface area (Å²) in [4.78, 5) is 14.6. The number of hydrogen-bond acceptors (Lipinski definition) is 5. The van der Waals surface area contributed by atoms with Crippen LogP contribution in [0.15, 0.2) is 28.8 Å². The van der Waals surface area contributed by atoms with Crippen LogP contribution in [-0.2, 0) is 11.2 Å². The number of carboxylic acids is 1. The third kappa shape index (κ3) is 3.09. The molecule has 0 bridgehead atoms. The lowest BCUT2D eigenvalue weighted by Crippen LogP contribution is -1.97. The highest BCUT2D eigenvalue weighted by Crippen LogP contribution is 2.33. The van der Waals surface area contributed by atoms with Crippen LogP contribution in [-0.4, -0.2) is 30.3 Å². The Balaban J connectivity index is 2.28. The number of ether oxygens (including phenoxy) is 2. The number of nitrogens with zero attached hydrogens (tertiary/aromatic N) is 1. The molecule has 0 amide bonds. The van der Waals surface area contributed by atoms with Gasteiger partial charge >= 0.3 is 5.97 Å². The Morgan fingerprint density at radius 2 is 2.15 bits per heavy atom. The number of aliphatic carboxylic acids is 1. The molecule has 0 unspecified atom stereocenters. The van der Waals surface area contributed by atoms with Crippen molar-refractivity contribution in [3.8, 4) is 22.8 Å². The third-order valence-electron chi connectivity index (χ3n) is 2.78. The summed E-state index contributed by atoms with van der Waals surface area (Å²) in [6.07, 6.45) is 1.78. The van der Waals surface area contributed by atoms with Gasteiger partial charge in [0.1, 0.15) is 11.5 Å². The van der Waals surface area contributed by atoms with Crippen molar-refractivity contribution in [3.63, 3.8) is 0 Å². The molecule has 0 saturated heterocycles. The van der Waals surface area contributed by atoms with Crippen LogP contribution in [0.5, 0.6) is 11.5 Å². The summed E-state index contributed by atoms with van der Waals surface area (Å²) in [6, 6.07) is 5.33. The van der Waals surface area contributed by atoms with Crippen molar-refractivity contribution in [1.29, 1.82) is 0 Å². The maximum atomic E-state index is 10.5. The molecule has 1 N–H and O–H groups in total. The second-order valence-electron chi connectivity index (χ2n) is 4.08. The number of hydrogen-bond donors (Lipinski definition) is 1. The monoisotopic (exact) mass is 277 g/mol. The molecule has 1 heterocycles. The first-order valence-electron chi connectivity index (χ1n) is 6.03. The van der Waals surface area contributed by atoms with E-state index >= 15 is 0 Å². The van der Waals surface area contributed by atoms with E-state index in [9.17, 15) is 4.79 Å². The smallest absolute Gasteiger partial charge is 0.303 e. The fraction of sp³-hybridized carbons (Fsp3) is 0.286. The van der Waals surface area contributed by atoms with Gasteiger partial charge in [-0.1, -0.05) is 0 Å². The quantitative estimate of drug-likeness (QED) is 0.873. The zero-order valence-electron chi connectivity index (χ0n) is 11.3. The Morgan fingerprint density at radius 1 is 1.35 bits per heavy atom. The molecule has 106 valence electrons. The fourth-order valence-electron chi connectivity index (χ4n) is 1.77. The van der Waals surface area contributed by atoms with Crippen molar-refractivity contribution < 1.29 is 23.8 Å². The molecule has 0 fully saturated rings. The lowest BCUT2D eigenvalue weighted by molar-refractivity contribution is -0.137. The number of carboxylic acid groups (broad SMARTS) is 1. The summed E-state index contributed by atoms with van der Waals surface area (Å²) >= 11 is 0. The predicted molar refractivity (Wildman–Crippen MR) is 71.0 cm³/mol. The number of oxazole rings is 1. The van der Waals surface area contributed by atoms with Gasteiger partial charge in [0.25, 0.3) is 0 Å². The summed E-state index contributed by atoms with van der Waals surface area (Å²) in [5.74, 6) is 1.31. The Kier molecular flexibility index (Phi) is 4.24. The van der Waals surface area contributed by atoms with E-state index in [4.69, 9.17) is 19.0 Å². The van der Waals surface area contributed by atoms with E-state index in [1.54, 1.807) is 38.6 Å².